The summed E-state index contributed by atoms with van der Waals surface area (Å²) < 4.78 is 14.1. The van der Waals surface area contributed by atoms with E-state index in [-0.39, 0.29) is 11.4 Å². The van der Waals surface area contributed by atoms with Gasteiger partial charge in [-0.3, -0.25) is 0 Å². The largest absolute Gasteiger partial charge is 0.301 e. The van der Waals surface area contributed by atoms with Crippen LogP contribution in [-0.2, 0) is 10.4 Å². The van der Waals surface area contributed by atoms with Crippen molar-refractivity contribution in [3.8, 4) is 0 Å². The third-order valence-electron chi connectivity index (χ3n) is 4.21. The molecule has 0 aromatic heterocycles. The molecule has 1 aromatic rings. The second-order valence-electron chi connectivity index (χ2n) is 5.31. The molecule has 1 aromatic carbocycles. The van der Waals surface area contributed by atoms with E-state index >= 15 is 0 Å². The zero-order valence-corrected chi connectivity index (χ0v) is 10.1. The van der Waals surface area contributed by atoms with Gasteiger partial charge in [0.05, 0.1) is 12.1 Å². The molecular weight excluding hydrogens is 217 g/mol. The van der Waals surface area contributed by atoms with Gasteiger partial charge in [0, 0.05) is 11.5 Å². The number of benzene rings is 1. The zero-order chi connectivity index (χ0) is 11.9. The Kier molecular flexibility index (Phi) is 2.68. The molecule has 92 valence electrons. The Hall–Kier alpha value is -0.930. The SMILES string of the molecule is Cc1ccc(F)c(C23CCCCC2CON3)c1. The summed E-state index contributed by atoms with van der Waals surface area (Å²) in [4.78, 5) is 5.43. The Bertz CT molecular complexity index is 434. The molecule has 3 rings (SSSR count). The van der Waals surface area contributed by atoms with E-state index in [1.165, 1.54) is 6.42 Å². The number of aryl methyl sites for hydroxylation is 1. The van der Waals surface area contributed by atoms with Gasteiger partial charge in [0.2, 0.25) is 0 Å². The maximum absolute atomic E-state index is 14.1. The van der Waals surface area contributed by atoms with E-state index < -0.39 is 0 Å². The first-order valence-corrected chi connectivity index (χ1v) is 6.38. The summed E-state index contributed by atoms with van der Waals surface area (Å²) in [5.74, 6) is 0.299. The van der Waals surface area contributed by atoms with E-state index in [4.69, 9.17) is 4.84 Å². The molecule has 0 amide bonds. The molecule has 0 spiro atoms. The number of hydrogen-bond acceptors (Lipinski definition) is 2. The average molecular weight is 235 g/mol. The molecule has 17 heavy (non-hydrogen) atoms. The van der Waals surface area contributed by atoms with E-state index in [2.05, 4.69) is 5.48 Å². The van der Waals surface area contributed by atoms with Crippen molar-refractivity contribution in [3.63, 3.8) is 0 Å². The van der Waals surface area contributed by atoms with Gasteiger partial charge in [-0.2, -0.15) is 5.48 Å². The molecule has 2 atom stereocenters. The second-order valence-corrected chi connectivity index (χ2v) is 5.31. The second kappa shape index (κ2) is 4.07. The monoisotopic (exact) mass is 235 g/mol. The van der Waals surface area contributed by atoms with E-state index in [0.717, 1.165) is 30.4 Å². The fraction of sp³-hybridized carbons (Fsp3) is 0.571. The van der Waals surface area contributed by atoms with Crippen LogP contribution in [0.15, 0.2) is 18.2 Å². The maximum atomic E-state index is 14.1. The fourth-order valence-corrected chi connectivity index (χ4v) is 3.27. The van der Waals surface area contributed by atoms with Crippen LogP contribution in [0, 0.1) is 18.7 Å². The highest BCUT2D eigenvalue weighted by molar-refractivity contribution is 5.32. The van der Waals surface area contributed by atoms with Crippen LogP contribution in [0.1, 0.15) is 36.8 Å². The van der Waals surface area contributed by atoms with Gasteiger partial charge in [-0.25, -0.2) is 4.39 Å². The Morgan fingerprint density at radius 2 is 2.29 bits per heavy atom. The van der Waals surface area contributed by atoms with Crippen LogP contribution in [0.4, 0.5) is 4.39 Å². The first-order valence-electron chi connectivity index (χ1n) is 6.38. The van der Waals surface area contributed by atoms with Crippen molar-refractivity contribution in [1.29, 1.82) is 0 Å². The van der Waals surface area contributed by atoms with Crippen LogP contribution in [0.3, 0.4) is 0 Å². The number of fused-ring (bicyclic) bond motifs is 1. The lowest BCUT2D eigenvalue weighted by atomic mass is 9.70. The predicted molar refractivity (Wildman–Crippen MR) is 63.9 cm³/mol. The van der Waals surface area contributed by atoms with Crippen molar-refractivity contribution in [1.82, 2.24) is 5.48 Å². The fourth-order valence-electron chi connectivity index (χ4n) is 3.27. The van der Waals surface area contributed by atoms with Gasteiger partial charge in [-0.05, 0) is 25.8 Å². The van der Waals surface area contributed by atoms with Gasteiger partial charge in [0.15, 0.2) is 0 Å². The smallest absolute Gasteiger partial charge is 0.128 e. The number of rotatable bonds is 1. The van der Waals surface area contributed by atoms with Crippen LogP contribution < -0.4 is 5.48 Å². The molecule has 1 saturated heterocycles. The van der Waals surface area contributed by atoms with Crippen molar-refractivity contribution in [2.75, 3.05) is 6.61 Å². The molecule has 1 N–H and O–H groups in total. The number of hydroxylamine groups is 1. The molecule has 2 fully saturated rings. The van der Waals surface area contributed by atoms with Crippen LogP contribution in [-0.4, -0.2) is 6.61 Å². The van der Waals surface area contributed by atoms with Gasteiger partial charge in [0.1, 0.15) is 5.82 Å². The predicted octanol–water partition coefficient (Wildman–Crippen LogP) is 3.05. The van der Waals surface area contributed by atoms with Crippen molar-refractivity contribution < 1.29 is 9.23 Å². The summed E-state index contributed by atoms with van der Waals surface area (Å²) in [6, 6.07) is 5.36. The average Bonchev–Trinajstić information content (AvgIpc) is 2.77. The number of hydrogen-bond donors (Lipinski definition) is 1. The van der Waals surface area contributed by atoms with Crippen LogP contribution >= 0.6 is 0 Å². The molecule has 2 unspecified atom stereocenters. The molecule has 0 bridgehead atoms. The minimum atomic E-state index is -0.283. The summed E-state index contributed by atoms with van der Waals surface area (Å²) in [5, 5.41) is 0. The molecule has 0 radical (unpaired) electrons. The third kappa shape index (κ3) is 1.69. The standard InChI is InChI=1S/C14H18FNO/c1-10-5-6-13(15)12(8-10)14-7-3-2-4-11(14)9-17-16-14/h5-6,8,11,16H,2-4,7,9H2,1H3. The van der Waals surface area contributed by atoms with E-state index in [9.17, 15) is 4.39 Å². The number of halogens is 1. The topological polar surface area (TPSA) is 21.3 Å². The van der Waals surface area contributed by atoms with Crippen molar-refractivity contribution >= 4 is 0 Å². The van der Waals surface area contributed by atoms with Crippen LogP contribution in [0.2, 0.25) is 0 Å². The molecule has 2 aliphatic rings. The summed E-state index contributed by atoms with van der Waals surface area (Å²) >= 11 is 0. The zero-order valence-electron chi connectivity index (χ0n) is 10.1. The summed E-state index contributed by atoms with van der Waals surface area (Å²) in [6.45, 7) is 2.71. The lowest BCUT2D eigenvalue weighted by molar-refractivity contribution is 0.0534. The van der Waals surface area contributed by atoms with E-state index in [1.807, 2.05) is 19.1 Å². The van der Waals surface area contributed by atoms with Crippen molar-refractivity contribution in [2.45, 2.75) is 38.1 Å². The van der Waals surface area contributed by atoms with Gasteiger partial charge >= 0.3 is 0 Å². The minimum absolute atomic E-state index is 0.111. The first kappa shape index (κ1) is 11.2. The van der Waals surface area contributed by atoms with Crippen molar-refractivity contribution in [2.24, 2.45) is 5.92 Å². The third-order valence-corrected chi connectivity index (χ3v) is 4.21. The maximum Gasteiger partial charge on any atom is 0.128 e. The van der Waals surface area contributed by atoms with Crippen LogP contribution in [0.5, 0.6) is 0 Å². The number of nitrogens with one attached hydrogen (secondary N) is 1. The Morgan fingerprint density at radius 3 is 3.18 bits per heavy atom. The molecule has 2 nitrogen and oxygen atoms in total. The van der Waals surface area contributed by atoms with Crippen LogP contribution in [0.25, 0.3) is 0 Å². The van der Waals surface area contributed by atoms with E-state index in [0.29, 0.717) is 12.5 Å². The Balaban J connectivity index is 2.08. The molecule has 3 heteroatoms. The van der Waals surface area contributed by atoms with Gasteiger partial charge < -0.3 is 4.84 Å². The molecular formula is C14H18FNO. The first-order chi connectivity index (χ1) is 8.22. The molecule has 1 heterocycles. The lowest BCUT2D eigenvalue weighted by Crippen LogP contribution is -2.44. The Labute approximate surface area is 101 Å². The highest BCUT2D eigenvalue weighted by Gasteiger charge is 2.48. The quantitative estimate of drug-likeness (QED) is 0.807. The lowest BCUT2D eigenvalue weighted by Gasteiger charge is -2.38. The summed E-state index contributed by atoms with van der Waals surface area (Å²) in [6.07, 6.45) is 4.46. The van der Waals surface area contributed by atoms with Gasteiger partial charge in [0.25, 0.3) is 0 Å². The van der Waals surface area contributed by atoms with E-state index in [1.54, 1.807) is 6.07 Å². The highest BCUT2D eigenvalue weighted by atomic mass is 19.1. The molecule has 1 aliphatic carbocycles. The van der Waals surface area contributed by atoms with Crippen molar-refractivity contribution in [3.05, 3.63) is 35.1 Å². The molecule has 1 saturated carbocycles. The molecule has 1 aliphatic heterocycles. The normalized spacial score (nSPS) is 32.5. The highest BCUT2D eigenvalue weighted by Crippen LogP contribution is 2.45. The minimum Gasteiger partial charge on any atom is -0.301 e. The summed E-state index contributed by atoms with van der Waals surface area (Å²) in [5.41, 5.74) is 4.73. The van der Waals surface area contributed by atoms with Gasteiger partial charge in [-0.15, -0.1) is 0 Å². The van der Waals surface area contributed by atoms with Gasteiger partial charge in [-0.1, -0.05) is 30.5 Å². The Morgan fingerprint density at radius 1 is 1.41 bits per heavy atom. The summed E-state index contributed by atoms with van der Waals surface area (Å²) in [7, 11) is 0.